The number of aromatic nitrogens is 1. The van der Waals surface area contributed by atoms with Crippen LogP contribution < -0.4 is 4.40 Å². The first-order chi connectivity index (χ1) is 17.7. The Balaban J connectivity index is 0.000000592. The monoisotopic (exact) mass is 765 g/mol. The van der Waals surface area contributed by atoms with E-state index in [1.54, 1.807) is 0 Å². The number of aliphatic hydroxyl groups is 1. The summed E-state index contributed by atoms with van der Waals surface area (Å²) in [6, 6.07) is 24.2. The molecule has 0 spiro atoms. The third-order valence-electron chi connectivity index (χ3n) is 6.19. The van der Waals surface area contributed by atoms with Gasteiger partial charge in [-0.3, -0.25) is 4.79 Å². The van der Waals surface area contributed by atoms with Crippen molar-refractivity contribution in [3.63, 3.8) is 0 Å². The van der Waals surface area contributed by atoms with E-state index in [0.29, 0.717) is 5.56 Å². The van der Waals surface area contributed by atoms with Gasteiger partial charge in [0.2, 0.25) is 0 Å². The second kappa shape index (κ2) is 13.2. The van der Waals surface area contributed by atoms with Gasteiger partial charge in [-0.15, -0.1) is 0 Å². The van der Waals surface area contributed by atoms with Crippen molar-refractivity contribution in [1.82, 2.24) is 4.98 Å². The number of aliphatic hydroxyl groups excluding tert-OH is 1. The van der Waals surface area contributed by atoms with Gasteiger partial charge in [-0.25, -0.2) is 0 Å². The van der Waals surface area contributed by atoms with E-state index < -0.39 is 13.3 Å². The average molecular weight is 763 g/mol. The molecule has 3 nitrogen and oxygen atoms in total. The number of allylic oxidation sites excluding steroid dienone is 2. The van der Waals surface area contributed by atoms with Gasteiger partial charge in [0.1, 0.15) is 0 Å². The van der Waals surface area contributed by atoms with Crippen molar-refractivity contribution in [2.24, 2.45) is 0 Å². The van der Waals surface area contributed by atoms with Crippen molar-refractivity contribution >= 4 is 34.2 Å². The topological polar surface area (TPSA) is 50.2 Å². The number of hydrogen-bond donors (Lipinski definition) is 1. The Hall–Kier alpha value is -2.60. The quantitative estimate of drug-likeness (QED) is 0.0985. The van der Waals surface area contributed by atoms with Gasteiger partial charge in [0.05, 0.1) is 5.76 Å². The van der Waals surface area contributed by atoms with Gasteiger partial charge >= 0.3 is 182 Å². The van der Waals surface area contributed by atoms with E-state index in [0.717, 1.165) is 22.2 Å². The van der Waals surface area contributed by atoms with Crippen LogP contribution in [-0.2, 0) is 30.3 Å². The van der Waals surface area contributed by atoms with Gasteiger partial charge in [-0.2, -0.15) is 0 Å². The van der Waals surface area contributed by atoms with Crippen LogP contribution in [0.5, 0.6) is 0 Å². The molecule has 4 aromatic rings. The van der Waals surface area contributed by atoms with E-state index in [1.165, 1.54) is 41.5 Å². The number of nitrogens with zero attached hydrogens (tertiary/aromatic N) is 1. The van der Waals surface area contributed by atoms with Crippen LogP contribution in [0.25, 0.3) is 33.2 Å². The molecule has 0 bridgehead atoms. The van der Waals surface area contributed by atoms with Crippen molar-refractivity contribution in [2.45, 2.75) is 57.3 Å². The van der Waals surface area contributed by atoms with Gasteiger partial charge in [0.15, 0.2) is 5.78 Å². The second-order valence-electron chi connectivity index (χ2n) is 11.7. The van der Waals surface area contributed by atoms with Crippen LogP contribution in [0.3, 0.4) is 0 Å². The summed E-state index contributed by atoms with van der Waals surface area (Å²) >= 11 is -1.91. The Morgan fingerprint density at radius 2 is 1.62 bits per heavy atom. The fraction of sp³-hybridized carbons (Fsp3) is 0.273. The first-order valence-corrected chi connectivity index (χ1v) is 20.1. The van der Waals surface area contributed by atoms with Crippen molar-refractivity contribution < 1.29 is 34.4 Å². The smallest absolute Gasteiger partial charge is 0 e. The third kappa shape index (κ3) is 8.69. The molecule has 0 aliphatic carbocycles. The zero-order chi connectivity index (χ0) is 28.3. The normalized spacial score (nSPS) is 11.9. The Labute approximate surface area is 248 Å². The number of carbonyl (C=O) groups excluding carboxylic acids is 1. The van der Waals surface area contributed by atoms with Crippen LogP contribution in [0, 0.1) is 11.9 Å². The molecular formula is C33H37FGeIrNO2-. The largest absolute Gasteiger partial charge is 0 e. The maximum Gasteiger partial charge on any atom is 0 e. The summed E-state index contributed by atoms with van der Waals surface area (Å²) in [6.45, 7) is 9.48. The van der Waals surface area contributed by atoms with Crippen molar-refractivity contribution in [3.05, 3.63) is 96.1 Å². The van der Waals surface area contributed by atoms with Crippen LogP contribution in [-0.4, -0.2) is 29.1 Å². The standard InChI is InChI=1S/C28H29FGeN.C5H8O2.Ir/c1-28(2,3)25-16-21(15-20-9-7-8-10-23(20)25)27-17-24(26(29)18-31-27)19-11-13-22(14-12-19)30(4,5)6;1-4(6)3-5(2)7;/h7-14,16-18H,1-6H3;3,6H,1-2H3;/q-1;;/b;4-3-;. The number of pyridine rings is 1. The minimum atomic E-state index is -1.91. The van der Waals surface area contributed by atoms with Crippen LogP contribution in [0.4, 0.5) is 4.39 Å². The summed E-state index contributed by atoms with van der Waals surface area (Å²) in [5, 5.41) is 10.6. The fourth-order valence-corrected chi connectivity index (χ4v) is 6.69. The molecule has 207 valence electrons. The van der Waals surface area contributed by atoms with Crippen LogP contribution in [0.1, 0.15) is 40.2 Å². The SMILES string of the molecule is CC(=O)/C=C(/C)O.CC(C)(C)c1cc(-c2cc(-c3cc[c]([Ge]([CH3])([CH3])[CH3])cc3)c(F)cn2)[c-]c2ccccc12.[Ir]. The predicted octanol–water partition coefficient (Wildman–Crippen LogP) is 8.39. The second-order valence-corrected chi connectivity index (χ2v) is 22.3. The number of ketones is 1. The summed E-state index contributed by atoms with van der Waals surface area (Å²) in [5.74, 6) is 6.73. The average Bonchev–Trinajstić information content (AvgIpc) is 2.82. The summed E-state index contributed by atoms with van der Waals surface area (Å²) in [5.41, 5.74) is 4.31. The molecular weight excluding hydrogens is 726 g/mol. The van der Waals surface area contributed by atoms with Gasteiger partial charge in [-0.05, 0) is 13.8 Å². The molecule has 0 atom stereocenters. The predicted molar refractivity (Wildman–Crippen MR) is 160 cm³/mol. The number of rotatable bonds is 4. The van der Waals surface area contributed by atoms with Crippen molar-refractivity contribution in [2.75, 3.05) is 0 Å². The molecule has 1 heterocycles. The van der Waals surface area contributed by atoms with Gasteiger partial charge < -0.3 is 5.11 Å². The molecule has 0 amide bonds. The molecule has 0 aliphatic rings. The van der Waals surface area contributed by atoms with Gasteiger partial charge in [0.25, 0.3) is 0 Å². The zero-order valence-corrected chi connectivity index (χ0v) is 28.4. The van der Waals surface area contributed by atoms with E-state index in [9.17, 15) is 9.18 Å². The molecule has 6 heteroatoms. The summed E-state index contributed by atoms with van der Waals surface area (Å²) in [6.07, 6.45) is 2.50. The molecule has 1 N–H and O–H groups in total. The maximum absolute atomic E-state index is 14.8. The van der Waals surface area contributed by atoms with Gasteiger partial charge in [-0.1, -0.05) is 6.07 Å². The van der Waals surface area contributed by atoms with E-state index in [4.69, 9.17) is 5.11 Å². The molecule has 0 saturated heterocycles. The number of carbonyl (C=O) groups is 1. The number of fused-ring (bicyclic) bond motifs is 1. The van der Waals surface area contributed by atoms with Crippen LogP contribution >= 0.6 is 0 Å². The molecule has 4 rings (SSSR count). The molecule has 0 unspecified atom stereocenters. The Morgan fingerprint density at radius 3 is 2.13 bits per heavy atom. The minimum Gasteiger partial charge on any atom is 0 e. The molecule has 39 heavy (non-hydrogen) atoms. The Morgan fingerprint density at radius 1 is 1.00 bits per heavy atom. The number of benzene rings is 3. The first-order valence-electron chi connectivity index (χ1n) is 12.8. The maximum atomic E-state index is 14.8. The van der Waals surface area contributed by atoms with E-state index >= 15 is 0 Å². The molecule has 3 aromatic carbocycles. The zero-order valence-electron chi connectivity index (χ0n) is 23.9. The summed E-state index contributed by atoms with van der Waals surface area (Å²) in [7, 11) is 0. The van der Waals surface area contributed by atoms with E-state index in [2.05, 4.69) is 85.5 Å². The number of halogens is 1. The third-order valence-corrected chi connectivity index (χ3v) is 10.5. The van der Waals surface area contributed by atoms with Gasteiger partial charge in [0, 0.05) is 26.2 Å². The molecule has 0 saturated carbocycles. The van der Waals surface area contributed by atoms with Crippen LogP contribution in [0.2, 0.25) is 17.3 Å². The van der Waals surface area contributed by atoms with E-state index in [-0.39, 0.29) is 42.9 Å². The molecule has 0 aliphatic heterocycles. The summed E-state index contributed by atoms with van der Waals surface area (Å²) < 4.78 is 16.2. The Kier molecular flexibility index (Phi) is 11.0. The van der Waals surface area contributed by atoms with E-state index in [1.807, 2.05) is 24.3 Å². The van der Waals surface area contributed by atoms with Crippen molar-refractivity contribution in [3.8, 4) is 22.4 Å². The summed E-state index contributed by atoms with van der Waals surface area (Å²) in [4.78, 5) is 14.4. The fourth-order valence-electron chi connectivity index (χ4n) is 4.24. The first kappa shape index (κ1) is 32.6. The van der Waals surface area contributed by atoms with Crippen molar-refractivity contribution in [1.29, 1.82) is 0 Å². The molecule has 1 aromatic heterocycles. The molecule has 0 fully saturated rings. The number of hydrogen-bond acceptors (Lipinski definition) is 3. The molecule has 1 radical (unpaired) electrons. The minimum absolute atomic E-state index is 0. The van der Waals surface area contributed by atoms with Crippen LogP contribution in [0.15, 0.2) is 78.7 Å². The Bertz CT molecular complexity index is 1480.